The van der Waals surface area contributed by atoms with E-state index in [1.807, 2.05) is 42.5 Å². The van der Waals surface area contributed by atoms with Crippen molar-refractivity contribution in [1.29, 1.82) is 0 Å². The molecule has 0 unspecified atom stereocenters. The highest BCUT2D eigenvalue weighted by atomic mass is 16.7. The van der Waals surface area contributed by atoms with Crippen LogP contribution in [0.2, 0.25) is 0 Å². The highest BCUT2D eigenvalue weighted by Gasteiger charge is 2.37. The van der Waals surface area contributed by atoms with E-state index in [0.29, 0.717) is 19.8 Å². The molecule has 2 aromatic rings. The van der Waals surface area contributed by atoms with Gasteiger partial charge in [0, 0.05) is 12.8 Å². The normalized spacial score (nSPS) is 18.3. The van der Waals surface area contributed by atoms with Crippen LogP contribution in [0.5, 0.6) is 0 Å². The van der Waals surface area contributed by atoms with Crippen LogP contribution in [0.4, 0.5) is 0 Å². The van der Waals surface area contributed by atoms with E-state index in [0.717, 1.165) is 30.4 Å². The van der Waals surface area contributed by atoms with Crippen LogP contribution in [0.1, 0.15) is 36.0 Å². The molecule has 27 heavy (non-hydrogen) atoms. The van der Waals surface area contributed by atoms with Crippen molar-refractivity contribution >= 4 is 11.5 Å². The molecule has 4 heteroatoms. The Balaban J connectivity index is 1.31. The summed E-state index contributed by atoms with van der Waals surface area (Å²) in [4.78, 5) is 12.1. The molecule has 2 aromatic carbocycles. The minimum Gasteiger partial charge on any atom is -0.461 e. The topological polar surface area (TPSA) is 44.8 Å². The fraction of sp³-hybridized carbons (Fsp3) is 0.348. The van der Waals surface area contributed by atoms with Gasteiger partial charge in [0.25, 0.3) is 0 Å². The lowest BCUT2D eigenvalue weighted by atomic mass is 9.89. The van der Waals surface area contributed by atoms with Crippen LogP contribution in [-0.2, 0) is 32.0 Å². The van der Waals surface area contributed by atoms with E-state index in [4.69, 9.17) is 14.2 Å². The van der Waals surface area contributed by atoms with Gasteiger partial charge in [-0.1, -0.05) is 60.7 Å². The number of rotatable bonds is 5. The van der Waals surface area contributed by atoms with Crippen molar-refractivity contribution < 1.29 is 19.0 Å². The van der Waals surface area contributed by atoms with Crippen molar-refractivity contribution in [3.8, 4) is 0 Å². The molecule has 1 aliphatic carbocycles. The van der Waals surface area contributed by atoms with E-state index in [-0.39, 0.29) is 18.2 Å². The van der Waals surface area contributed by atoms with Gasteiger partial charge in [0.1, 0.15) is 6.61 Å². The second kappa shape index (κ2) is 8.07. The molecule has 2 aliphatic rings. The van der Waals surface area contributed by atoms with Gasteiger partial charge >= 0.3 is 5.97 Å². The predicted octanol–water partition coefficient (Wildman–Crippen LogP) is 4.28. The summed E-state index contributed by atoms with van der Waals surface area (Å²) in [5, 5.41) is 0. The number of carbonyl (C=O) groups is 1. The standard InChI is InChI=1S/C23H24O4/c24-22(25-17-19-4-2-1-3-5-19)16-18-6-8-20(9-7-18)21-10-12-23(13-11-21)26-14-15-27-23/h1-10H,11-17H2. The van der Waals surface area contributed by atoms with E-state index in [1.54, 1.807) is 0 Å². The molecular formula is C23H24O4. The number of hydrogen-bond acceptors (Lipinski definition) is 4. The third-order valence-corrected chi connectivity index (χ3v) is 5.16. The fourth-order valence-corrected chi connectivity index (χ4v) is 3.62. The summed E-state index contributed by atoms with van der Waals surface area (Å²) in [5.74, 6) is -0.590. The summed E-state index contributed by atoms with van der Waals surface area (Å²) in [6, 6.07) is 17.9. The minimum atomic E-state index is -0.383. The van der Waals surface area contributed by atoms with Crippen molar-refractivity contribution in [3.63, 3.8) is 0 Å². The maximum atomic E-state index is 12.1. The highest BCUT2D eigenvalue weighted by Crippen LogP contribution is 2.38. The molecule has 0 N–H and O–H groups in total. The maximum absolute atomic E-state index is 12.1. The third kappa shape index (κ3) is 4.46. The van der Waals surface area contributed by atoms with Gasteiger partial charge in [0.05, 0.1) is 19.6 Å². The molecule has 1 aliphatic heterocycles. The first-order valence-electron chi connectivity index (χ1n) is 9.48. The zero-order valence-corrected chi connectivity index (χ0v) is 15.4. The van der Waals surface area contributed by atoms with E-state index >= 15 is 0 Å². The third-order valence-electron chi connectivity index (χ3n) is 5.16. The van der Waals surface area contributed by atoms with Crippen LogP contribution < -0.4 is 0 Å². The molecule has 1 saturated heterocycles. The van der Waals surface area contributed by atoms with Gasteiger partial charge in [0.2, 0.25) is 0 Å². The Morgan fingerprint density at radius 1 is 0.963 bits per heavy atom. The Kier molecular flexibility index (Phi) is 5.37. The van der Waals surface area contributed by atoms with Gasteiger partial charge in [-0.3, -0.25) is 4.79 Å². The monoisotopic (exact) mass is 364 g/mol. The van der Waals surface area contributed by atoms with Gasteiger partial charge < -0.3 is 14.2 Å². The molecular weight excluding hydrogens is 340 g/mol. The molecule has 0 atom stereocenters. The molecule has 4 nitrogen and oxygen atoms in total. The number of hydrogen-bond donors (Lipinski definition) is 0. The summed E-state index contributed by atoms with van der Waals surface area (Å²) in [6.45, 7) is 1.70. The molecule has 140 valence electrons. The number of ether oxygens (including phenoxy) is 3. The van der Waals surface area contributed by atoms with Crippen molar-refractivity contribution in [3.05, 3.63) is 77.4 Å². The lowest BCUT2D eigenvalue weighted by Crippen LogP contribution is -2.31. The van der Waals surface area contributed by atoms with Crippen LogP contribution >= 0.6 is 0 Å². The van der Waals surface area contributed by atoms with Gasteiger partial charge in [-0.25, -0.2) is 0 Å². The van der Waals surface area contributed by atoms with Crippen molar-refractivity contribution in [2.75, 3.05) is 13.2 Å². The van der Waals surface area contributed by atoms with Crippen LogP contribution in [0.15, 0.2) is 60.7 Å². The summed E-state index contributed by atoms with van der Waals surface area (Å²) in [6.07, 6.45) is 5.15. The summed E-state index contributed by atoms with van der Waals surface area (Å²) in [7, 11) is 0. The first kappa shape index (κ1) is 18.0. The van der Waals surface area contributed by atoms with E-state index in [9.17, 15) is 4.79 Å². The average molecular weight is 364 g/mol. The average Bonchev–Trinajstić information content (AvgIpc) is 3.16. The lowest BCUT2D eigenvalue weighted by molar-refractivity contribution is -0.159. The fourth-order valence-electron chi connectivity index (χ4n) is 3.62. The maximum Gasteiger partial charge on any atom is 0.310 e. The van der Waals surface area contributed by atoms with Crippen LogP contribution in [0, 0.1) is 0 Å². The molecule has 0 aromatic heterocycles. The molecule has 1 spiro atoms. The van der Waals surface area contributed by atoms with Gasteiger partial charge in [-0.2, -0.15) is 0 Å². The first-order valence-corrected chi connectivity index (χ1v) is 9.48. The second-order valence-corrected chi connectivity index (χ2v) is 7.06. The highest BCUT2D eigenvalue weighted by molar-refractivity contribution is 5.73. The van der Waals surface area contributed by atoms with Gasteiger partial charge in [-0.15, -0.1) is 0 Å². The van der Waals surface area contributed by atoms with Crippen molar-refractivity contribution in [1.82, 2.24) is 0 Å². The van der Waals surface area contributed by atoms with E-state index in [2.05, 4.69) is 18.2 Å². The van der Waals surface area contributed by atoms with Crippen LogP contribution in [0.25, 0.3) is 5.57 Å². The van der Waals surface area contributed by atoms with E-state index in [1.165, 1.54) is 11.1 Å². The van der Waals surface area contributed by atoms with Crippen molar-refractivity contribution in [2.24, 2.45) is 0 Å². The largest absolute Gasteiger partial charge is 0.461 e. The van der Waals surface area contributed by atoms with Crippen molar-refractivity contribution in [2.45, 2.75) is 38.1 Å². The molecule has 0 saturated carbocycles. The summed E-state index contributed by atoms with van der Waals surface area (Å²) in [5.41, 5.74) is 4.48. The number of benzene rings is 2. The Morgan fingerprint density at radius 3 is 2.37 bits per heavy atom. The lowest BCUT2D eigenvalue weighted by Gasteiger charge is -2.30. The Bertz CT molecular complexity index is 802. The molecule has 1 heterocycles. The SMILES string of the molecule is O=C(Cc1ccc(C2=CCC3(CC2)OCCO3)cc1)OCc1ccccc1. The number of esters is 1. The minimum absolute atomic E-state index is 0.207. The molecule has 0 radical (unpaired) electrons. The number of allylic oxidation sites excluding steroid dienone is 1. The predicted molar refractivity (Wildman–Crippen MR) is 103 cm³/mol. The molecule has 1 fully saturated rings. The van der Waals surface area contributed by atoms with Crippen LogP contribution in [0.3, 0.4) is 0 Å². The molecule has 0 bridgehead atoms. The van der Waals surface area contributed by atoms with Crippen LogP contribution in [-0.4, -0.2) is 25.0 Å². The van der Waals surface area contributed by atoms with Gasteiger partial charge in [-0.05, 0) is 28.7 Å². The Hall–Kier alpha value is -2.43. The second-order valence-electron chi connectivity index (χ2n) is 7.06. The van der Waals surface area contributed by atoms with E-state index < -0.39 is 0 Å². The van der Waals surface area contributed by atoms with Gasteiger partial charge in [0.15, 0.2) is 5.79 Å². The Morgan fingerprint density at radius 2 is 1.70 bits per heavy atom. The summed E-state index contributed by atoms with van der Waals surface area (Å²) < 4.78 is 16.9. The summed E-state index contributed by atoms with van der Waals surface area (Å²) >= 11 is 0. The smallest absolute Gasteiger partial charge is 0.310 e. The number of carbonyl (C=O) groups excluding carboxylic acids is 1. The Labute approximate surface area is 159 Å². The first-order chi connectivity index (χ1) is 13.2. The quantitative estimate of drug-likeness (QED) is 0.743. The molecule has 4 rings (SSSR count). The zero-order valence-electron chi connectivity index (χ0n) is 15.4. The molecule has 0 amide bonds. The zero-order chi connectivity index (χ0) is 18.5.